The van der Waals surface area contributed by atoms with Gasteiger partial charge < -0.3 is 14.8 Å². The summed E-state index contributed by atoms with van der Waals surface area (Å²) in [5.41, 5.74) is 2.41. The SMILES string of the molecule is Cc1ccc(COc2cccc(-c3cc(F)c(Cc4nc5ccc(C(=O)O)cc5[nH]4)cc3F)n2)c(F)c1. The van der Waals surface area contributed by atoms with Crippen LogP contribution in [0.15, 0.2) is 66.7 Å². The Morgan fingerprint density at radius 2 is 1.73 bits per heavy atom. The molecule has 0 aliphatic rings. The lowest BCUT2D eigenvalue weighted by Gasteiger charge is -2.10. The van der Waals surface area contributed by atoms with E-state index < -0.39 is 23.4 Å². The van der Waals surface area contributed by atoms with E-state index >= 15 is 4.39 Å². The number of aromatic nitrogens is 3. The third kappa shape index (κ3) is 5.16. The molecule has 0 amide bonds. The number of hydrogen-bond acceptors (Lipinski definition) is 4. The number of carboxylic acid groups (broad SMARTS) is 1. The third-order valence-electron chi connectivity index (χ3n) is 5.86. The van der Waals surface area contributed by atoms with Crippen LogP contribution in [0.5, 0.6) is 5.88 Å². The normalized spacial score (nSPS) is 11.1. The molecule has 37 heavy (non-hydrogen) atoms. The van der Waals surface area contributed by atoms with Crippen LogP contribution in [0.25, 0.3) is 22.3 Å². The Kier molecular flexibility index (Phi) is 6.35. The average molecular weight is 503 g/mol. The number of imidazole rings is 1. The lowest BCUT2D eigenvalue weighted by molar-refractivity contribution is 0.0697. The fraction of sp³-hybridized carbons (Fsp3) is 0.107. The van der Waals surface area contributed by atoms with Crippen LogP contribution in [-0.4, -0.2) is 26.0 Å². The molecule has 2 heterocycles. The van der Waals surface area contributed by atoms with Gasteiger partial charge in [0.25, 0.3) is 0 Å². The van der Waals surface area contributed by atoms with Crippen molar-refractivity contribution in [2.45, 2.75) is 20.0 Å². The number of nitrogens with one attached hydrogen (secondary N) is 1. The van der Waals surface area contributed by atoms with Crippen molar-refractivity contribution in [3.8, 4) is 17.1 Å². The van der Waals surface area contributed by atoms with Gasteiger partial charge in [-0.05, 0) is 60.5 Å². The number of rotatable bonds is 7. The van der Waals surface area contributed by atoms with Crippen LogP contribution in [0.4, 0.5) is 13.2 Å². The van der Waals surface area contributed by atoms with Gasteiger partial charge in [0.2, 0.25) is 5.88 Å². The summed E-state index contributed by atoms with van der Waals surface area (Å²) in [7, 11) is 0. The highest BCUT2D eigenvalue weighted by atomic mass is 19.1. The first kappa shape index (κ1) is 24.1. The predicted molar refractivity (Wildman–Crippen MR) is 131 cm³/mol. The van der Waals surface area contributed by atoms with Gasteiger partial charge in [0.1, 0.15) is 29.9 Å². The van der Waals surface area contributed by atoms with Crippen LogP contribution in [0.1, 0.15) is 32.9 Å². The van der Waals surface area contributed by atoms with Crippen molar-refractivity contribution in [1.82, 2.24) is 15.0 Å². The molecule has 5 aromatic rings. The number of fused-ring (bicyclic) bond motifs is 1. The van der Waals surface area contributed by atoms with E-state index in [-0.39, 0.29) is 41.3 Å². The number of aromatic carboxylic acids is 1. The zero-order valence-corrected chi connectivity index (χ0v) is 19.6. The van der Waals surface area contributed by atoms with Gasteiger partial charge in [-0.1, -0.05) is 18.2 Å². The highest BCUT2D eigenvalue weighted by Gasteiger charge is 2.16. The second-order valence-corrected chi connectivity index (χ2v) is 8.57. The fourth-order valence-electron chi connectivity index (χ4n) is 3.95. The Hall–Kier alpha value is -4.66. The Bertz CT molecular complexity index is 1650. The van der Waals surface area contributed by atoms with Crippen LogP contribution >= 0.6 is 0 Å². The number of pyridine rings is 1. The van der Waals surface area contributed by atoms with Gasteiger partial charge in [-0.15, -0.1) is 0 Å². The van der Waals surface area contributed by atoms with Crippen molar-refractivity contribution < 1.29 is 27.8 Å². The highest BCUT2D eigenvalue weighted by molar-refractivity contribution is 5.92. The lowest BCUT2D eigenvalue weighted by Crippen LogP contribution is -2.02. The summed E-state index contributed by atoms with van der Waals surface area (Å²) in [6, 6.07) is 16.0. The molecule has 2 aromatic heterocycles. The van der Waals surface area contributed by atoms with E-state index in [4.69, 9.17) is 9.84 Å². The number of halogens is 3. The number of carbonyl (C=O) groups is 1. The molecule has 0 saturated carbocycles. The Morgan fingerprint density at radius 3 is 2.51 bits per heavy atom. The lowest BCUT2D eigenvalue weighted by atomic mass is 10.0. The van der Waals surface area contributed by atoms with E-state index in [9.17, 15) is 13.6 Å². The minimum Gasteiger partial charge on any atom is -0.478 e. The van der Waals surface area contributed by atoms with Gasteiger partial charge >= 0.3 is 5.97 Å². The molecule has 3 aromatic carbocycles. The molecular formula is C28H20F3N3O3. The van der Waals surface area contributed by atoms with Crippen molar-refractivity contribution in [2.75, 3.05) is 0 Å². The molecule has 0 aliphatic heterocycles. The zero-order valence-electron chi connectivity index (χ0n) is 19.6. The van der Waals surface area contributed by atoms with Crippen molar-refractivity contribution in [1.29, 1.82) is 0 Å². The summed E-state index contributed by atoms with van der Waals surface area (Å²) >= 11 is 0. The second-order valence-electron chi connectivity index (χ2n) is 8.57. The first-order valence-corrected chi connectivity index (χ1v) is 11.3. The average Bonchev–Trinajstić information content (AvgIpc) is 3.27. The van der Waals surface area contributed by atoms with Gasteiger partial charge in [-0.2, -0.15) is 0 Å². The van der Waals surface area contributed by atoms with Crippen molar-refractivity contribution in [3.05, 3.63) is 112 Å². The quantitative estimate of drug-likeness (QED) is 0.275. The molecule has 0 spiro atoms. The van der Waals surface area contributed by atoms with Gasteiger partial charge in [0.05, 0.1) is 22.3 Å². The summed E-state index contributed by atoms with van der Waals surface area (Å²) in [6.07, 6.45) is -0.0290. The van der Waals surface area contributed by atoms with Crippen molar-refractivity contribution >= 4 is 17.0 Å². The number of carboxylic acids is 1. The summed E-state index contributed by atoms with van der Waals surface area (Å²) in [5.74, 6) is -2.31. The molecule has 9 heteroatoms. The largest absolute Gasteiger partial charge is 0.478 e. The van der Waals surface area contributed by atoms with Gasteiger partial charge in [-0.25, -0.2) is 27.9 Å². The summed E-state index contributed by atoms with van der Waals surface area (Å²) in [4.78, 5) is 22.7. The smallest absolute Gasteiger partial charge is 0.335 e. The third-order valence-corrected chi connectivity index (χ3v) is 5.86. The fourth-order valence-corrected chi connectivity index (χ4v) is 3.95. The topological polar surface area (TPSA) is 88.1 Å². The van der Waals surface area contributed by atoms with Crippen molar-refractivity contribution in [3.63, 3.8) is 0 Å². The van der Waals surface area contributed by atoms with E-state index in [1.807, 2.05) is 0 Å². The summed E-state index contributed by atoms with van der Waals surface area (Å²) < 4.78 is 49.7. The van der Waals surface area contributed by atoms with Gasteiger partial charge in [0, 0.05) is 23.6 Å². The van der Waals surface area contributed by atoms with E-state index in [2.05, 4.69) is 15.0 Å². The number of H-pyrrole nitrogens is 1. The molecule has 6 nitrogen and oxygen atoms in total. The molecule has 0 fully saturated rings. The molecule has 186 valence electrons. The number of ether oxygens (including phenoxy) is 1. The van der Waals surface area contributed by atoms with Gasteiger partial charge in [-0.3, -0.25) is 0 Å². The van der Waals surface area contributed by atoms with Crippen LogP contribution in [0.2, 0.25) is 0 Å². The zero-order chi connectivity index (χ0) is 26.1. The number of aryl methyl sites for hydroxylation is 1. The molecule has 0 unspecified atom stereocenters. The second kappa shape index (κ2) is 9.77. The molecule has 2 N–H and O–H groups in total. The molecular weight excluding hydrogens is 483 g/mol. The number of aromatic amines is 1. The Morgan fingerprint density at radius 1 is 0.919 bits per heavy atom. The molecule has 0 bridgehead atoms. The first-order valence-electron chi connectivity index (χ1n) is 11.3. The predicted octanol–water partition coefficient (Wildman–Crippen LogP) is 6.22. The first-order chi connectivity index (χ1) is 17.8. The molecule has 0 radical (unpaired) electrons. The minimum atomic E-state index is -1.08. The van der Waals surface area contributed by atoms with Crippen LogP contribution in [0.3, 0.4) is 0 Å². The summed E-state index contributed by atoms with van der Waals surface area (Å²) in [6.45, 7) is 1.72. The standard InChI is InChI=1S/C28H20F3N3O3/c1-15-5-6-17(20(29)9-15)14-37-27-4-2-3-23(34-27)19-13-21(30)18(10-22(19)31)12-26-32-24-8-7-16(28(35)36)11-25(24)33-26/h2-11,13H,12,14H2,1H3,(H,32,33)(H,35,36). The maximum absolute atomic E-state index is 15.0. The number of hydrogen-bond donors (Lipinski definition) is 2. The molecule has 0 saturated heterocycles. The van der Waals surface area contributed by atoms with Crippen LogP contribution in [-0.2, 0) is 13.0 Å². The van der Waals surface area contributed by atoms with Crippen LogP contribution < -0.4 is 4.74 Å². The molecule has 0 aliphatic carbocycles. The van der Waals surface area contributed by atoms with Crippen LogP contribution in [0, 0.1) is 24.4 Å². The van der Waals surface area contributed by atoms with Crippen molar-refractivity contribution in [2.24, 2.45) is 0 Å². The van der Waals surface area contributed by atoms with E-state index in [1.54, 1.807) is 37.3 Å². The van der Waals surface area contributed by atoms with E-state index in [0.29, 0.717) is 22.4 Å². The van der Waals surface area contributed by atoms with E-state index in [0.717, 1.165) is 17.7 Å². The number of benzene rings is 3. The van der Waals surface area contributed by atoms with Gasteiger partial charge in [0.15, 0.2) is 0 Å². The molecule has 0 atom stereocenters. The minimum absolute atomic E-state index is 0.0290. The monoisotopic (exact) mass is 503 g/mol. The Labute approximate surface area is 209 Å². The summed E-state index contributed by atoms with van der Waals surface area (Å²) in [5, 5.41) is 9.14. The molecule has 5 rings (SSSR count). The van der Waals surface area contributed by atoms with E-state index in [1.165, 1.54) is 24.3 Å². The maximum Gasteiger partial charge on any atom is 0.335 e. The highest BCUT2D eigenvalue weighted by Crippen LogP contribution is 2.27. The number of nitrogens with zero attached hydrogens (tertiary/aromatic N) is 2. The maximum atomic E-state index is 15.0. The Balaban J connectivity index is 1.36.